The highest BCUT2D eigenvalue weighted by Crippen LogP contribution is 2.29. The number of ether oxygens (including phenoxy) is 1. The van der Waals surface area contributed by atoms with Crippen LogP contribution in [0.5, 0.6) is 5.75 Å². The van der Waals surface area contributed by atoms with Crippen LogP contribution in [0.15, 0.2) is 30.5 Å². The van der Waals surface area contributed by atoms with Crippen molar-refractivity contribution < 1.29 is 13.9 Å². The summed E-state index contributed by atoms with van der Waals surface area (Å²) in [7, 11) is 0. The molecule has 2 aromatic rings. The van der Waals surface area contributed by atoms with Gasteiger partial charge in [-0.2, -0.15) is 4.98 Å². The molecule has 3 heterocycles. The van der Waals surface area contributed by atoms with E-state index in [0.29, 0.717) is 37.3 Å². The number of hydrogen-bond donors (Lipinski definition) is 0. The number of rotatable bonds is 7. The van der Waals surface area contributed by atoms with Gasteiger partial charge < -0.3 is 19.3 Å². The van der Waals surface area contributed by atoms with Gasteiger partial charge in [-0.25, -0.2) is 9.37 Å². The lowest BCUT2D eigenvalue weighted by molar-refractivity contribution is -0.117. The highest BCUT2D eigenvalue weighted by atomic mass is 19.1. The van der Waals surface area contributed by atoms with Crippen LogP contribution < -0.4 is 14.5 Å². The fraction of sp³-hybridized carbons (Fsp3) is 0.542. The van der Waals surface area contributed by atoms with Crippen LogP contribution >= 0.6 is 0 Å². The van der Waals surface area contributed by atoms with E-state index in [0.717, 1.165) is 37.1 Å². The first kappa shape index (κ1) is 21.5. The molecule has 2 aliphatic rings. The molecule has 0 radical (unpaired) electrons. The van der Waals surface area contributed by atoms with Gasteiger partial charge in [-0.15, -0.1) is 0 Å². The lowest BCUT2D eigenvalue weighted by Crippen LogP contribution is -2.30. The number of nitrogens with zero attached hydrogens (tertiary/aromatic N) is 4. The lowest BCUT2D eigenvalue weighted by Gasteiger charge is -2.24. The first-order valence-corrected chi connectivity index (χ1v) is 11.2. The molecule has 0 unspecified atom stereocenters. The second-order valence-corrected chi connectivity index (χ2v) is 8.88. The zero-order valence-corrected chi connectivity index (χ0v) is 18.6. The van der Waals surface area contributed by atoms with Crippen molar-refractivity contribution in [3.8, 4) is 5.75 Å². The summed E-state index contributed by atoms with van der Waals surface area (Å²) in [5, 5.41) is 0. The second kappa shape index (κ2) is 9.20. The summed E-state index contributed by atoms with van der Waals surface area (Å²) in [6.45, 7) is 8.03. The Morgan fingerprint density at radius 2 is 2.03 bits per heavy atom. The molecule has 0 saturated carbocycles. The number of benzene rings is 1. The SMILES string of the molecule is CC(=O)C[C@@H](C)c1ccc(O[C@@H]2CCN(c3nc(N4CCC[C@@H]4C)ncc3F)C2)cc1. The third-order valence-corrected chi connectivity index (χ3v) is 6.31. The molecular formula is C24H31FN4O2. The molecule has 0 amide bonds. The van der Waals surface area contributed by atoms with Crippen LogP contribution in [0.3, 0.4) is 0 Å². The number of carbonyl (C=O) groups is 1. The first-order valence-electron chi connectivity index (χ1n) is 11.2. The van der Waals surface area contributed by atoms with Gasteiger partial charge in [-0.1, -0.05) is 19.1 Å². The fourth-order valence-corrected chi connectivity index (χ4v) is 4.57. The molecule has 0 spiro atoms. The monoisotopic (exact) mass is 426 g/mol. The molecule has 2 aliphatic heterocycles. The Kier molecular flexibility index (Phi) is 6.39. The molecule has 1 aromatic carbocycles. The molecule has 3 atom stereocenters. The molecule has 2 fully saturated rings. The van der Waals surface area contributed by atoms with Crippen molar-refractivity contribution in [3.05, 3.63) is 41.8 Å². The van der Waals surface area contributed by atoms with Crippen LogP contribution in [0.1, 0.15) is 57.9 Å². The summed E-state index contributed by atoms with van der Waals surface area (Å²) < 4.78 is 20.7. The second-order valence-electron chi connectivity index (χ2n) is 8.88. The van der Waals surface area contributed by atoms with Crippen LogP contribution in [-0.4, -0.2) is 47.5 Å². The van der Waals surface area contributed by atoms with Gasteiger partial charge in [0.15, 0.2) is 11.6 Å². The molecule has 1 aromatic heterocycles. The number of Topliss-reactive ketones (excluding diaryl/α,β-unsaturated/α-hetero) is 1. The summed E-state index contributed by atoms with van der Waals surface area (Å²) in [5.41, 5.74) is 1.13. The van der Waals surface area contributed by atoms with Gasteiger partial charge in [0.05, 0.1) is 12.7 Å². The maximum Gasteiger partial charge on any atom is 0.227 e. The van der Waals surface area contributed by atoms with Crippen molar-refractivity contribution in [2.45, 2.75) is 64.5 Å². The van der Waals surface area contributed by atoms with E-state index in [-0.39, 0.29) is 23.6 Å². The molecule has 6 nitrogen and oxygen atoms in total. The molecule has 0 bridgehead atoms. The number of hydrogen-bond acceptors (Lipinski definition) is 6. The van der Waals surface area contributed by atoms with Crippen molar-refractivity contribution in [2.24, 2.45) is 0 Å². The van der Waals surface area contributed by atoms with Crippen LogP contribution in [0.25, 0.3) is 0 Å². The standard InChI is InChI=1S/C24H31FN4O2/c1-16(13-18(3)30)19-6-8-20(9-7-19)31-21-10-12-28(15-21)23-22(25)14-26-24(27-23)29-11-4-5-17(29)2/h6-9,14,16-17,21H,4-5,10-13,15H2,1-3H3/t16-,17+,21-/m1/s1. The van der Waals surface area contributed by atoms with Crippen molar-refractivity contribution in [3.63, 3.8) is 0 Å². The van der Waals surface area contributed by atoms with Gasteiger partial charge in [0.25, 0.3) is 0 Å². The minimum absolute atomic E-state index is 0.0241. The van der Waals surface area contributed by atoms with E-state index in [9.17, 15) is 9.18 Å². The van der Waals surface area contributed by atoms with Gasteiger partial charge >= 0.3 is 0 Å². The van der Waals surface area contributed by atoms with Gasteiger partial charge in [0.1, 0.15) is 17.6 Å². The number of ketones is 1. The van der Waals surface area contributed by atoms with Crippen LogP contribution in [0.4, 0.5) is 16.2 Å². The minimum Gasteiger partial charge on any atom is -0.489 e. The van der Waals surface area contributed by atoms with Gasteiger partial charge in [0.2, 0.25) is 5.95 Å². The van der Waals surface area contributed by atoms with E-state index in [1.165, 1.54) is 6.20 Å². The maximum absolute atomic E-state index is 14.5. The Bertz CT molecular complexity index is 920. The van der Waals surface area contributed by atoms with Crippen LogP contribution in [0.2, 0.25) is 0 Å². The number of aromatic nitrogens is 2. The van der Waals surface area contributed by atoms with Crippen LogP contribution in [-0.2, 0) is 4.79 Å². The Hall–Kier alpha value is -2.70. The number of anilines is 2. The number of carbonyl (C=O) groups excluding carboxylic acids is 1. The average molecular weight is 427 g/mol. The summed E-state index contributed by atoms with van der Waals surface area (Å²) in [5.74, 6) is 1.77. The number of halogens is 1. The van der Waals surface area contributed by atoms with Crippen molar-refractivity contribution in [1.82, 2.24) is 9.97 Å². The van der Waals surface area contributed by atoms with Crippen molar-refractivity contribution >= 4 is 17.5 Å². The quantitative estimate of drug-likeness (QED) is 0.656. The molecular weight excluding hydrogens is 395 g/mol. The minimum atomic E-state index is -0.389. The topological polar surface area (TPSA) is 58.6 Å². The molecule has 0 N–H and O–H groups in total. The van der Waals surface area contributed by atoms with Gasteiger partial charge in [-0.05, 0) is 50.3 Å². The Morgan fingerprint density at radius 3 is 2.71 bits per heavy atom. The van der Waals surface area contributed by atoms with E-state index >= 15 is 0 Å². The third-order valence-electron chi connectivity index (χ3n) is 6.31. The predicted octanol–water partition coefficient (Wildman–Crippen LogP) is 4.34. The predicted molar refractivity (Wildman–Crippen MR) is 119 cm³/mol. The highest BCUT2D eigenvalue weighted by molar-refractivity contribution is 5.76. The maximum atomic E-state index is 14.5. The zero-order valence-electron chi connectivity index (χ0n) is 18.6. The fourth-order valence-electron chi connectivity index (χ4n) is 4.57. The summed E-state index contributed by atoms with van der Waals surface area (Å²) in [4.78, 5) is 24.2. The van der Waals surface area contributed by atoms with E-state index in [2.05, 4.69) is 28.7 Å². The summed E-state index contributed by atoms with van der Waals surface area (Å²) in [6, 6.07) is 8.32. The molecule has 0 aliphatic carbocycles. The summed E-state index contributed by atoms with van der Waals surface area (Å²) >= 11 is 0. The lowest BCUT2D eigenvalue weighted by atomic mass is 9.96. The highest BCUT2D eigenvalue weighted by Gasteiger charge is 2.29. The van der Waals surface area contributed by atoms with E-state index in [1.54, 1.807) is 6.92 Å². The molecule has 4 rings (SSSR count). The average Bonchev–Trinajstić information content (AvgIpc) is 3.37. The van der Waals surface area contributed by atoms with E-state index in [1.807, 2.05) is 29.2 Å². The molecule has 2 saturated heterocycles. The Morgan fingerprint density at radius 1 is 1.26 bits per heavy atom. The van der Waals surface area contributed by atoms with Crippen molar-refractivity contribution in [2.75, 3.05) is 29.4 Å². The van der Waals surface area contributed by atoms with Gasteiger partial charge in [0, 0.05) is 32.0 Å². The molecule has 166 valence electrons. The smallest absolute Gasteiger partial charge is 0.227 e. The molecule has 7 heteroatoms. The molecule has 31 heavy (non-hydrogen) atoms. The Balaban J connectivity index is 1.39. The van der Waals surface area contributed by atoms with Crippen molar-refractivity contribution in [1.29, 1.82) is 0 Å². The van der Waals surface area contributed by atoms with E-state index < -0.39 is 0 Å². The third kappa shape index (κ3) is 4.97. The largest absolute Gasteiger partial charge is 0.489 e. The van der Waals surface area contributed by atoms with E-state index in [4.69, 9.17) is 4.74 Å². The normalized spacial score (nSPS) is 22.1. The van der Waals surface area contributed by atoms with Gasteiger partial charge in [-0.3, -0.25) is 0 Å². The summed E-state index contributed by atoms with van der Waals surface area (Å²) in [6.07, 6.45) is 4.84. The Labute approximate surface area is 183 Å². The first-order chi connectivity index (χ1) is 14.9. The van der Waals surface area contributed by atoms with Crippen LogP contribution in [0, 0.1) is 5.82 Å². The zero-order chi connectivity index (χ0) is 22.0.